The molecule has 106 valence electrons. The lowest BCUT2D eigenvalue weighted by molar-refractivity contribution is 0.630. The van der Waals surface area contributed by atoms with Gasteiger partial charge in [0.1, 0.15) is 6.54 Å². The maximum atomic E-state index is 9.12. The fraction of sp³-hybridized carbons (Fsp3) is 0.278. The van der Waals surface area contributed by atoms with Crippen LogP contribution in [-0.4, -0.2) is 13.1 Å². The van der Waals surface area contributed by atoms with Crippen LogP contribution in [0.1, 0.15) is 23.5 Å². The Balaban J connectivity index is 1.91. The third kappa shape index (κ3) is 3.04. The van der Waals surface area contributed by atoms with E-state index in [1.807, 2.05) is 18.2 Å². The summed E-state index contributed by atoms with van der Waals surface area (Å²) in [5, 5.41) is 9.89. The molecule has 0 aromatic heterocycles. The minimum atomic E-state index is 0.432. The highest BCUT2D eigenvalue weighted by Crippen LogP contribution is 2.33. The van der Waals surface area contributed by atoms with Gasteiger partial charge in [0.05, 0.1) is 6.07 Å². The van der Waals surface area contributed by atoms with Crippen molar-refractivity contribution in [3.63, 3.8) is 0 Å². The Hall–Kier alpha value is -1.98. The highest BCUT2D eigenvalue weighted by molar-refractivity contribution is 6.30. The van der Waals surface area contributed by atoms with Crippen molar-refractivity contribution >= 4 is 17.3 Å². The monoisotopic (exact) mass is 296 g/mol. The molecule has 0 saturated heterocycles. The van der Waals surface area contributed by atoms with Gasteiger partial charge in [0, 0.05) is 23.2 Å². The summed E-state index contributed by atoms with van der Waals surface area (Å²) in [6.07, 6.45) is 2.14. The Morgan fingerprint density at radius 2 is 1.90 bits per heavy atom. The number of halogens is 1. The van der Waals surface area contributed by atoms with Crippen molar-refractivity contribution in [2.24, 2.45) is 0 Å². The fourth-order valence-electron chi connectivity index (χ4n) is 3.06. The van der Waals surface area contributed by atoms with E-state index in [0.717, 1.165) is 24.4 Å². The largest absolute Gasteiger partial charge is 0.357 e. The van der Waals surface area contributed by atoms with Gasteiger partial charge in [-0.15, -0.1) is 0 Å². The van der Waals surface area contributed by atoms with Crippen LogP contribution in [0.4, 0.5) is 5.69 Å². The van der Waals surface area contributed by atoms with Crippen LogP contribution in [0.15, 0.2) is 48.5 Å². The van der Waals surface area contributed by atoms with Gasteiger partial charge in [0.25, 0.3) is 0 Å². The molecule has 1 aliphatic heterocycles. The van der Waals surface area contributed by atoms with E-state index in [-0.39, 0.29) is 0 Å². The maximum Gasteiger partial charge on any atom is 0.105 e. The Bertz CT molecular complexity index is 658. The van der Waals surface area contributed by atoms with Crippen LogP contribution < -0.4 is 4.90 Å². The summed E-state index contributed by atoms with van der Waals surface area (Å²) in [6.45, 7) is 1.31. The molecule has 0 radical (unpaired) electrons. The number of rotatable bonds is 2. The predicted molar refractivity (Wildman–Crippen MR) is 86.8 cm³/mol. The van der Waals surface area contributed by atoms with E-state index in [0.29, 0.717) is 12.5 Å². The van der Waals surface area contributed by atoms with E-state index in [1.165, 1.54) is 16.8 Å². The molecule has 1 atom stereocenters. The van der Waals surface area contributed by atoms with E-state index in [9.17, 15) is 0 Å². The summed E-state index contributed by atoms with van der Waals surface area (Å²) in [5.74, 6) is 0.433. The summed E-state index contributed by atoms with van der Waals surface area (Å²) in [6, 6.07) is 18.8. The molecule has 2 nitrogen and oxygen atoms in total. The summed E-state index contributed by atoms with van der Waals surface area (Å²) in [4.78, 5) is 2.20. The average molecular weight is 297 g/mol. The molecule has 21 heavy (non-hydrogen) atoms. The second-order valence-corrected chi connectivity index (χ2v) is 5.89. The van der Waals surface area contributed by atoms with Crippen LogP contribution in [0, 0.1) is 11.3 Å². The van der Waals surface area contributed by atoms with Crippen LogP contribution in [-0.2, 0) is 6.42 Å². The van der Waals surface area contributed by atoms with E-state index in [1.54, 1.807) is 0 Å². The molecule has 0 unspecified atom stereocenters. The maximum absolute atomic E-state index is 9.12. The third-order valence-corrected chi connectivity index (χ3v) is 4.39. The van der Waals surface area contributed by atoms with Crippen molar-refractivity contribution in [1.82, 2.24) is 0 Å². The SMILES string of the molecule is N#CCN1C[C@H](c2ccc(Cl)cc2)CCc2ccccc21. The molecule has 0 saturated carbocycles. The lowest BCUT2D eigenvalue weighted by Gasteiger charge is -2.25. The van der Waals surface area contributed by atoms with E-state index in [2.05, 4.69) is 41.3 Å². The molecule has 2 aromatic carbocycles. The number of nitrogens with zero attached hydrogens (tertiary/aromatic N) is 2. The molecule has 1 aliphatic rings. The lowest BCUT2D eigenvalue weighted by Crippen LogP contribution is -2.28. The number of anilines is 1. The molecular weight excluding hydrogens is 280 g/mol. The Kier molecular flexibility index (Phi) is 4.13. The van der Waals surface area contributed by atoms with Gasteiger partial charge < -0.3 is 4.90 Å². The van der Waals surface area contributed by atoms with Crippen molar-refractivity contribution < 1.29 is 0 Å². The zero-order valence-corrected chi connectivity index (χ0v) is 12.6. The molecule has 0 aliphatic carbocycles. The number of nitriles is 1. The minimum absolute atomic E-state index is 0.432. The van der Waals surface area contributed by atoms with E-state index < -0.39 is 0 Å². The van der Waals surface area contributed by atoms with E-state index >= 15 is 0 Å². The zero-order valence-electron chi connectivity index (χ0n) is 11.8. The molecule has 3 heteroatoms. The highest BCUT2D eigenvalue weighted by Gasteiger charge is 2.22. The van der Waals surface area contributed by atoms with Gasteiger partial charge in [-0.05, 0) is 42.2 Å². The molecule has 0 spiro atoms. The van der Waals surface area contributed by atoms with Gasteiger partial charge in [0.15, 0.2) is 0 Å². The second kappa shape index (κ2) is 6.20. The van der Waals surface area contributed by atoms with Gasteiger partial charge in [0.2, 0.25) is 0 Å². The summed E-state index contributed by atoms with van der Waals surface area (Å²) < 4.78 is 0. The number of para-hydroxylation sites is 1. The lowest BCUT2D eigenvalue weighted by atomic mass is 9.93. The van der Waals surface area contributed by atoms with Crippen molar-refractivity contribution in [2.45, 2.75) is 18.8 Å². The standard InChI is InChI=1S/C18H17ClN2/c19-17-9-7-14(8-10-17)16-6-5-15-3-1-2-4-18(15)21(13-16)12-11-20/h1-4,7-10,16H,5-6,12-13H2/t16-/m1/s1. The number of hydrogen-bond donors (Lipinski definition) is 0. The molecule has 0 fully saturated rings. The average Bonchev–Trinajstić information content (AvgIpc) is 2.69. The van der Waals surface area contributed by atoms with Crippen molar-refractivity contribution in [2.75, 3.05) is 18.0 Å². The molecule has 0 amide bonds. The zero-order chi connectivity index (χ0) is 14.7. The van der Waals surface area contributed by atoms with Crippen LogP contribution in [0.2, 0.25) is 5.02 Å². The van der Waals surface area contributed by atoms with Crippen LogP contribution in [0.3, 0.4) is 0 Å². The van der Waals surface area contributed by atoms with Crippen molar-refractivity contribution in [1.29, 1.82) is 5.26 Å². The topological polar surface area (TPSA) is 27.0 Å². The minimum Gasteiger partial charge on any atom is -0.357 e. The Morgan fingerprint density at radius 3 is 2.67 bits per heavy atom. The number of aryl methyl sites for hydroxylation is 1. The predicted octanol–water partition coefficient (Wildman–Crippen LogP) is 4.40. The van der Waals surface area contributed by atoms with Crippen LogP contribution >= 0.6 is 11.6 Å². The molecule has 2 aromatic rings. The highest BCUT2D eigenvalue weighted by atomic mass is 35.5. The third-order valence-electron chi connectivity index (χ3n) is 4.14. The van der Waals surface area contributed by atoms with Crippen LogP contribution in [0.5, 0.6) is 0 Å². The Labute approximate surface area is 130 Å². The molecular formula is C18H17ClN2. The Morgan fingerprint density at radius 1 is 1.14 bits per heavy atom. The first-order valence-corrected chi connectivity index (χ1v) is 7.61. The summed E-state index contributed by atoms with van der Waals surface area (Å²) >= 11 is 5.98. The normalized spacial score (nSPS) is 17.7. The number of hydrogen-bond acceptors (Lipinski definition) is 2. The first-order valence-electron chi connectivity index (χ1n) is 7.23. The van der Waals surface area contributed by atoms with E-state index in [4.69, 9.17) is 16.9 Å². The molecule has 1 heterocycles. The van der Waals surface area contributed by atoms with Gasteiger partial charge in [-0.1, -0.05) is 41.9 Å². The molecule has 0 N–H and O–H groups in total. The molecule has 0 bridgehead atoms. The second-order valence-electron chi connectivity index (χ2n) is 5.45. The van der Waals surface area contributed by atoms with Crippen LogP contribution in [0.25, 0.3) is 0 Å². The van der Waals surface area contributed by atoms with Gasteiger partial charge in [-0.2, -0.15) is 5.26 Å². The fourth-order valence-corrected chi connectivity index (χ4v) is 3.18. The van der Waals surface area contributed by atoms with Crippen molar-refractivity contribution in [3.05, 3.63) is 64.7 Å². The van der Waals surface area contributed by atoms with Crippen molar-refractivity contribution in [3.8, 4) is 6.07 Å². The van der Waals surface area contributed by atoms with Gasteiger partial charge in [-0.25, -0.2) is 0 Å². The first kappa shape index (κ1) is 14.0. The summed E-state index contributed by atoms with van der Waals surface area (Å²) in [5.41, 5.74) is 3.84. The number of fused-ring (bicyclic) bond motifs is 1. The van der Waals surface area contributed by atoms with Gasteiger partial charge in [-0.3, -0.25) is 0 Å². The first-order chi connectivity index (χ1) is 10.3. The summed E-state index contributed by atoms with van der Waals surface area (Å²) in [7, 11) is 0. The molecule has 3 rings (SSSR count). The quantitative estimate of drug-likeness (QED) is 0.768. The van der Waals surface area contributed by atoms with Gasteiger partial charge >= 0.3 is 0 Å². The smallest absolute Gasteiger partial charge is 0.105 e. The number of benzene rings is 2.